The summed E-state index contributed by atoms with van der Waals surface area (Å²) in [6.07, 6.45) is 2.23. The maximum atomic E-state index is 13.4. The van der Waals surface area contributed by atoms with E-state index >= 15 is 0 Å². The Balaban J connectivity index is 2.11. The van der Waals surface area contributed by atoms with E-state index in [0.29, 0.717) is 12.8 Å². The van der Waals surface area contributed by atoms with Crippen LogP contribution in [0.5, 0.6) is 0 Å². The van der Waals surface area contributed by atoms with Gasteiger partial charge < -0.3 is 5.11 Å². The number of aromatic nitrogens is 1. The molecule has 2 rings (SSSR count). The van der Waals surface area contributed by atoms with Gasteiger partial charge in [-0.15, -0.1) is 0 Å². The highest BCUT2D eigenvalue weighted by Gasteiger charge is 2.33. The highest BCUT2D eigenvalue weighted by Crippen LogP contribution is 2.27. The zero-order valence-corrected chi connectivity index (χ0v) is 10.7. The van der Waals surface area contributed by atoms with Gasteiger partial charge in [-0.1, -0.05) is 0 Å². The number of aliphatic carboxylic acids is 1. The van der Waals surface area contributed by atoms with Crippen molar-refractivity contribution in [2.24, 2.45) is 5.92 Å². The number of hydrogen-bond acceptors (Lipinski definition) is 4. The third-order valence-electron chi connectivity index (χ3n) is 3.08. The maximum Gasteiger partial charge on any atom is 0.306 e. The third kappa shape index (κ3) is 3.07. The summed E-state index contributed by atoms with van der Waals surface area (Å²) < 4.78 is 39.5. The minimum absolute atomic E-state index is 0.211. The number of carbonyl (C=O) groups is 1. The van der Waals surface area contributed by atoms with Gasteiger partial charge in [-0.3, -0.25) is 4.79 Å². The lowest BCUT2D eigenvalue weighted by Gasteiger charge is -2.12. The molecule has 1 aliphatic carbocycles. The fourth-order valence-electron chi connectivity index (χ4n) is 2.16. The Morgan fingerprint density at radius 1 is 1.47 bits per heavy atom. The molecular formula is C11H13FN2O4S. The molecule has 8 heteroatoms. The van der Waals surface area contributed by atoms with Crippen molar-refractivity contribution >= 4 is 16.0 Å². The van der Waals surface area contributed by atoms with Gasteiger partial charge in [-0.05, 0) is 31.4 Å². The van der Waals surface area contributed by atoms with Crippen molar-refractivity contribution in [3.05, 3.63) is 24.1 Å². The summed E-state index contributed by atoms with van der Waals surface area (Å²) >= 11 is 0. The second kappa shape index (κ2) is 5.22. The van der Waals surface area contributed by atoms with E-state index in [4.69, 9.17) is 5.11 Å². The van der Waals surface area contributed by atoms with E-state index in [0.717, 1.165) is 6.07 Å². The molecule has 0 bridgehead atoms. The molecule has 0 saturated heterocycles. The summed E-state index contributed by atoms with van der Waals surface area (Å²) in [5.41, 5.74) is 0. The summed E-state index contributed by atoms with van der Waals surface area (Å²) in [4.78, 5) is 14.3. The number of nitrogens with one attached hydrogen (secondary N) is 1. The topological polar surface area (TPSA) is 96.4 Å². The smallest absolute Gasteiger partial charge is 0.306 e. The molecule has 2 atom stereocenters. The summed E-state index contributed by atoms with van der Waals surface area (Å²) in [5.74, 6) is -2.42. The molecule has 1 fully saturated rings. The normalized spacial score (nSPS) is 23.4. The number of rotatable bonds is 4. The van der Waals surface area contributed by atoms with Gasteiger partial charge in [-0.2, -0.15) is 0 Å². The fourth-order valence-corrected chi connectivity index (χ4v) is 3.45. The molecule has 1 saturated carbocycles. The Bertz CT molecular complexity index is 590. The minimum Gasteiger partial charge on any atom is -0.481 e. The van der Waals surface area contributed by atoms with Crippen molar-refractivity contribution in [2.45, 2.75) is 30.3 Å². The summed E-state index contributed by atoms with van der Waals surface area (Å²) in [7, 11) is -4.05. The molecule has 0 radical (unpaired) electrons. The zero-order valence-electron chi connectivity index (χ0n) is 9.91. The molecule has 0 amide bonds. The molecule has 1 aromatic rings. The van der Waals surface area contributed by atoms with Crippen LogP contribution in [0.15, 0.2) is 23.4 Å². The highest BCUT2D eigenvalue weighted by molar-refractivity contribution is 7.89. The maximum absolute atomic E-state index is 13.4. The molecule has 6 nitrogen and oxygen atoms in total. The van der Waals surface area contributed by atoms with Gasteiger partial charge in [0.1, 0.15) is 0 Å². The quantitative estimate of drug-likeness (QED) is 0.852. The predicted octanol–water partition coefficient (Wildman–Crippen LogP) is 0.752. The van der Waals surface area contributed by atoms with Crippen LogP contribution < -0.4 is 4.72 Å². The molecule has 0 aromatic carbocycles. The number of sulfonamides is 1. The van der Waals surface area contributed by atoms with E-state index in [1.54, 1.807) is 0 Å². The van der Waals surface area contributed by atoms with E-state index in [1.165, 1.54) is 12.3 Å². The van der Waals surface area contributed by atoms with Crippen LogP contribution in [0.3, 0.4) is 0 Å². The van der Waals surface area contributed by atoms with Crippen molar-refractivity contribution < 1.29 is 22.7 Å². The fraction of sp³-hybridized carbons (Fsp3) is 0.455. The second-order valence-corrected chi connectivity index (χ2v) is 6.09. The Hall–Kier alpha value is -1.54. The van der Waals surface area contributed by atoms with Crippen molar-refractivity contribution in [1.82, 2.24) is 9.71 Å². The number of nitrogens with zero attached hydrogens (tertiary/aromatic N) is 1. The van der Waals surface area contributed by atoms with Crippen molar-refractivity contribution in [3.63, 3.8) is 0 Å². The number of hydrogen-bond donors (Lipinski definition) is 2. The first-order valence-corrected chi connectivity index (χ1v) is 7.24. The van der Waals surface area contributed by atoms with Gasteiger partial charge in [0.05, 0.1) is 5.92 Å². The van der Waals surface area contributed by atoms with Gasteiger partial charge in [-0.25, -0.2) is 22.5 Å². The number of pyridine rings is 1. The molecular weight excluding hydrogens is 275 g/mol. The lowest BCUT2D eigenvalue weighted by atomic mass is 10.1. The van der Waals surface area contributed by atoms with Crippen LogP contribution in [0.1, 0.15) is 19.3 Å². The summed E-state index contributed by atoms with van der Waals surface area (Å²) in [6, 6.07) is 1.81. The van der Waals surface area contributed by atoms with Crippen LogP contribution in [-0.4, -0.2) is 30.5 Å². The molecule has 0 spiro atoms. The summed E-state index contributed by atoms with van der Waals surface area (Å²) in [6.45, 7) is 0. The van der Waals surface area contributed by atoms with Crippen LogP contribution >= 0.6 is 0 Å². The molecule has 1 aliphatic rings. The second-order valence-electron chi connectivity index (χ2n) is 4.46. The van der Waals surface area contributed by atoms with Crippen LogP contribution in [0.2, 0.25) is 0 Å². The molecule has 1 aromatic heterocycles. The van der Waals surface area contributed by atoms with Crippen LogP contribution in [0.25, 0.3) is 0 Å². The van der Waals surface area contributed by atoms with Crippen LogP contribution in [-0.2, 0) is 14.8 Å². The monoisotopic (exact) mass is 288 g/mol. The Labute approximate surface area is 109 Å². The molecule has 0 aliphatic heterocycles. The SMILES string of the molecule is O=C(O)[C@@H]1CC[C@H](NS(=O)(=O)c2ncccc2F)C1. The molecule has 2 N–H and O–H groups in total. The molecule has 19 heavy (non-hydrogen) atoms. The van der Waals surface area contributed by atoms with Gasteiger partial charge in [0, 0.05) is 12.2 Å². The van der Waals surface area contributed by atoms with Crippen LogP contribution in [0.4, 0.5) is 4.39 Å². The zero-order chi connectivity index (χ0) is 14.0. The van der Waals surface area contributed by atoms with E-state index in [9.17, 15) is 17.6 Å². The number of halogens is 1. The van der Waals surface area contributed by atoms with E-state index in [2.05, 4.69) is 9.71 Å². The standard InChI is InChI=1S/C11H13FN2O4S/c12-9-2-1-5-13-10(9)19(17,18)14-8-4-3-7(6-8)11(15)16/h1-2,5,7-8,14H,3-4,6H2,(H,15,16)/t7-,8+/m1/s1. The van der Waals surface area contributed by atoms with Crippen LogP contribution in [0, 0.1) is 11.7 Å². The molecule has 0 unspecified atom stereocenters. The van der Waals surface area contributed by atoms with Crippen molar-refractivity contribution in [1.29, 1.82) is 0 Å². The third-order valence-corrected chi connectivity index (χ3v) is 4.54. The average molecular weight is 288 g/mol. The lowest BCUT2D eigenvalue weighted by molar-refractivity contribution is -0.141. The average Bonchev–Trinajstić information content (AvgIpc) is 2.77. The van der Waals surface area contributed by atoms with Gasteiger partial charge in [0.15, 0.2) is 5.82 Å². The lowest BCUT2D eigenvalue weighted by Crippen LogP contribution is -2.34. The van der Waals surface area contributed by atoms with Gasteiger partial charge in [0.25, 0.3) is 10.0 Å². The van der Waals surface area contributed by atoms with E-state index < -0.39 is 38.8 Å². The highest BCUT2D eigenvalue weighted by atomic mass is 32.2. The van der Waals surface area contributed by atoms with Gasteiger partial charge in [0.2, 0.25) is 5.03 Å². The Morgan fingerprint density at radius 3 is 2.79 bits per heavy atom. The molecule has 1 heterocycles. The Morgan fingerprint density at radius 2 is 2.21 bits per heavy atom. The first-order chi connectivity index (χ1) is 8.90. The Kier molecular flexibility index (Phi) is 3.81. The molecule has 104 valence electrons. The largest absolute Gasteiger partial charge is 0.481 e. The first-order valence-electron chi connectivity index (χ1n) is 5.76. The number of carboxylic acids is 1. The van der Waals surface area contributed by atoms with E-state index in [1.807, 2.05) is 0 Å². The summed E-state index contributed by atoms with van der Waals surface area (Å²) in [5, 5.41) is 8.18. The van der Waals surface area contributed by atoms with Crippen molar-refractivity contribution in [2.75, 3.05) is 0 Å². The van der Waals surface area contributed by atoms with Crippen molar-refractivity contribution in [3.8, 4) is 0 Å². The minimum atomic E-state index is -4.05. The van der Waals surface area contributed by atoms with Gasteiger partial charge >= 0.3 is 5.97 Å². The van der Waals surface area contributed by atoms with E-state index in [-0.39, 0.29) is 6.42 Å². The first kappa shape index (κ1) is 13.9. The number of carboxylic acid groups (broad SMARTS) is 1. The predicted molar refractivity (Wildman–Crippen MR) is 63.3 cm³/mol.